The second-order valence-corrected chi connectivity index (χ2v) is 9.34. The smallest absolute Gasteiger partial charge is 0.349 e. The zero-order valence-corrected chi connectivity index (χ0v) is 19.9. The standard InChI is InChI=1S/C23H22Cl2N4O5/c1-12-5-13(2)11-28(10-12)22(32)16-8-15(3-4-19(16)30)34-21-17(24)6-14(7-18(21)25)29-23(33)27-20(31)9-26-29/h3-4,6-9,12-13,30H,5,10-11H2,1-2H3,(H,27,31,33). The second-order valence-electron chi connectivity index (χ2n) is 8.53. The van der Waals surface area contributed by atoms with Gasteiger partial charge < -0.3 is 14.7 Å². The number of carbonyl (C=O) groups is 1. The van der Waals surface area contributed by atoms with E-state index >= 15 is 0 Å². The summed E-state index contributed by atoms with van der Waals surface area (Å²) in [6.07, 6.45) is 2.00. The lowest BCUT2D eigenvalue weighted by atomic mass is 9.91. The van der Waals surface area contributed by atoms with Crippen molar-refractivity contribution in [3.05, 3.63) is 73.0 Å². The first kappa shape index (κ1) is 23.8. The van der Waals surface area contributed by atoms with E-state index in [1.165, 1.54) is 30.3 Å². The number of ether oxygens (including phenoxy) is 1. The van der Waals surface area contributed by atoms with Gasteiger partial charge in [-0.05, 0) is 48.6 Å². The SMILES string of the molecule is CC1CC(C)CN(C(=O)c2cc(Oc3c(Cl)cc(-n4ncc(=O)[nH]c4=O)cc3Cl)ccc2O)C1. The van der Waals surface area contributed by atoms with Crippen molar-refractivity contribution in [2.75, 3.05) is 13.1 Å². The van der Waals surface area contributed by atoms with Gasteiger partial charge in [0.15, 0.2) is 5.75 Å². The van der Waals surface area contributed by atoms with Crippen LogP contribution in [0, 0.1) is 11.8 Å². The van der Waals surface area contributed by atoms with Crippen molar-refractivity contribution in [2.45, 2.75) is 20.3 Å². The zero-order valence-electron chi connectivity index (χ0n) is 18.4. The molecule has 3 aromatic rings. The molecule has 178 valence electrons. The number of aromatic nitrogens is 3. The van der Waals surface area contributed by atoms with E-state index in [4.69, 9.17) is 27.9 Å². The van der Waals surface area contributed by atoms with Gasteiger partial charge in [-0.15, -0.1) is 0 Å². The summed E-state index contributed by atoms with van der Waals surface area (Å²) in [5.41, 5.74) is -1.05. The number of phenols is 1. The number of phenolic OH excluding ortho intramolecular Hbond substituents is 1. The highest BCUT2D eigenvalue weighted by atomic mass is 35.5. The Hall–Kier alpha value is -3.30. The van der Waals surface area contributed by atoms with Gasteiger partial charge in [0.1, 0.15) is 17.7 Å². The largest absolute Gasteiger partial charge is 0.507 e. The summed E-state index contributed by atoms with van der Waals surface area (Å²) < 4.78 is 6.78. The number of piperidine rings is 1. The molecule has 1 aliphatic rings. The predicted octanol–water partition coefficient (Wildman–Crippen LogP) is 3.84. The number of halogens is 2. The number of H-pyrrole nitrogens is 1. The van der Waals surface area contributed by atoms with Crippen LogP contribution in [0.3, 0.4) is 0 Å². The first-order valence-electron chi connectivity index (χ1n) is 10.6. The molecule has 2 atom stereocenters. The van der Waals surface area contributed by atoms with Gasteiger partial charge in [0.2, 0.25) is 0 Å². The van der Waals surface area contributed by atoms with E-state index in [0.717, 1.165) is 17.3 Å². The number of amides is 1. The number of benzene rings is 2. The molecule has 2 heterocycles. The number of aromatic amines is 1. The van der Waals surface area contributed by atoms with Gasteiger partial charge in [-0.1, -0.05) is 37.0 Å². The Morgan fingerprint density at radius 2 is 1.76 bits per heavy atom. The molecule has 34 heavy (non-hydrogen) atoms. The summed E-state index contributed by atoms with van der Waals surface area (Å²) >= 11 is 12.7. The van der Waals surface area contributed by atoms with E-state index in [1.54, 1.807) is 4.90 Å². The number of aromatic hydroxyl groups is 1. The second kappa shape index (κ2) is 9.52. The lowest BCUT2D eigenvalue weighted by Crippen LogP contribution is -2.42. The number of hydrogen-bond donors (Lipinski definition) is 2. The van der Waals surface area contributed by atoms with E-state index in [2.05, 4.69) is 23.9 Å². The number of carbonyl (C=O) groups excluding carboxylic acids is 1. The van der Waals surface area contributed by atoms with Crippen LogP contribution >= 0.6 is 23.2 Å². The molecule has 1 saturated heterocycles. The van der Waals surface area contributed by atoms with E-state index in [9.17, 15) is 19.5 Å². The fraction of sp³-hybridized carbons (Fsp3) is 0.304. The minimum absolute atomic E-state index is 0.0713. The van der Waals surface area contributed by atoms with Gasteiger partial charge in [-0.25, -0.2) is 4.79 Å². The highest BCUT2D eigenvalue weighted by Gasteiger charge is 2.28. The molecule has 2 unspecified atom stereocenters. The quantitative estimate of drug-likeness (QED) is 0.557. The fourth-order valence-corrected chi connectivity index (χ4v) is 4.72. The molecular formula is C23H22Cl2N4O5. The highest BCUT2D eigenvalue weighted by Crippen LogP contribution is 2.39. The minimum atomic E-state index is -0.753. The molecule has 2 N–H and O–H groups in total. The molecule has 1 aromatic heterocycles. The summed E-state index contributed by atoms with van der Waals surface area (Å²) in [7, 11) is 0. The van der Waals surface area contributed by atoms with Crippen LogP contribution in [0.25, 0.3) is 5.69 Å². The van der Waals surface area contributed by atoms with Crippen LogP contribution in [0.1, 0.15) is 30.6 Å². The van der Waals surface area contributed by atoms with Crippen LogP contribution in [0.15, 0.2) is 46.1 Å². The number of likely N-dealkylation sites (tertiary alicyclic amines) is 1. The molecule has 1 amide bonds. The van der Waals surface area contributed by atoms with Crippen molar-refractivity contribution in [2.24, 2.45) is 11.8 Å². The third-order valence-corrected chi connectivity index (χ3v) is 6.08. The topological polar surface area (TPSA) is 118 Å². The van der Waals surface area contributed by atoms with Crippen molar-refractivity contribution in [3.63, 3.8) is 0 Å². The molecule has 0 spiro atoms. The zero-order chi connectivity index (χ0) is 24.6. The molecule has 1 fully saturated rings. The Morgan fingerprint density at radius 3 is 2.38 bits per heavy atom. The average Bonchev–Trinajstić information content (AvgIpc) is 2.76. The number of rotatable bonds is 4. The normalized spacial score (nSPS) is 18.1. The van der Waals surface area contributed by atoms with Crippen LogP contribution in [0.5, 0.6) is 17.2 Å². The lowest BCUT2D eigenvalue weighted by molar-refractivity contribution is 0.0620. The summed E-state index contributed by atoms with van der Waals surface area (Å²) in [5.74, 6) is 0.644. The van der Waals surface area contributed by atoms with Crippen LogP contribution < -0.4 is 16.0 Å². The monoisotopic (exact) mass is 504 g/mol. The fourth-order valence-electron chi connectivity index (χ4n) is 4.17. The lowest BCUT2D eigenvalue weighted by Gasteiger charge is -2.35. The van der Waals surface area contributed by atoms with Gasteiger partial charge in [-0.3, -0.25) is 14.6 Å². The number of nitrogens with one attached hydrogen (secondary N) is 1. The first-order chi connectivity index (χ1) is 16.1. The van der Waals surface area contributed by atoms with E-state index < -0.39 is 11.2 Å². The molecule has 0 aliphatic carbocycles. The van der Waals surface area contributed by atoms with Crippen molar-refractivity contribution in [1.82, 2.24) is 19.7 Å². The summed E-state index contributed by atoms with van der Waals surface area (Å²) in [6.45, 7) is 5.43. The Kier molecular flexibility index (Phi) is 6.67. The predicted molar refractivity (Wildman–Crippen MR) is 128 cm³/mol. The Morgan fingerprint density at radius 1 is 1.12 bits per heavy atom. The maximum Gasteiger partial charge on any atom is 0.349 e. The van der Waals surface area contributed by atoms with E-state index in [-0.39, 0.29) is 44.5 Å². The van der Waals surface area contributed by atoms with Crippen molar-refractivity contribution in [1.29, 1.82) is 0 Å². The molecule has 0 bridgehead atoms. The highest BCUT2D eigenvalue weighted by molar-refractivity contribution is 6.37. The average molecular weight is 505 g/mol. The van der Waals surface area contributed by atoms with Gasteiger partial charge >= 0.3 is 5.69 Å². The molecule has 11 heteroatoms. The third kappa shape index (κ3) is 4.95. The molecule has 9 nitrogen and oxygen atoms in total. The molecule has 0 saturated carbocycles. The van der Waals surface area contributed by atoms with Crippen LogP contribution in [0.4, 0.5) is 0 Å². The van der Waals surface area contributed by atoms with Crippen LogP contribution in [0.2, 0.25) is 10.0 Å². The van der Waals surface area contributed by atoms with Crippen molar-refractivity contribution in [3.8, 4) is 22.9 Å². The van der Waals surface area contributed by atoms with E-state index in [0.29, 0.717) is 24.9 Å². The van der Waals surface area contributed by atoms with E-state index in [1.807, 2.05) is 0 Å². The minimum Gasteiger partial charge on any atom is -0.507 e. The molecule has 2 aromatic carbocycles. The third-order valence-electron chi connectivity index (χ3n) is 5.51. The molecule has 4 rings (SSSR count). The summed E-state index contributed by atoms with van der Waals surface area (Å²) in [4.78, 5) is 40.2. The Bertz CT molecular complexity index is 1340. The van der Waals surface area contributed by atoms with Crippen molar-refractivity contribution >= 4 is 29.1 Å². The van der Waals surface area contributed by atoms with Gasteiger partial charge in [0.25, 0.3) is 11.5 Å². The van der Waals surface area contributed by atoms with Crippen LogP contribution in [-0.4, -0.2) is 43.8 Å². The Labute approximate surface area is 204 Å². The van der Waals surface area contributed by atoms with Crippen molar-refractivity contribution < 1.29 is 14.6 Å². The van der Waals surface area contributed by atoms with Crippen LogP contribution in [-0.2, 0) is 0 Å². The summed E-state index contributed by atoms with van der Waals surface area (Å²) in [5, 5.41) is 14.2. The molecular weight excluding hydrogens is 483 g/mol. The first-order valence-corrected chi connectivity index (χ1v) is 11.4. The Balaban J connectivity index is 1.62. The van der Waals surface area contributed by atoms with Gasteiger partial charge in [0.05, 0.1) is 21.3 Å². The maximum atomic E-state index is 13.1. The van der Waals surface area contributed by atoms with Gasteiger partial charge in [-0.2, -0.15) is 9.78 Å². The number of hydrogen-bond acceptors (Lipinski definition) is 6. The number of nitrogens with zero attached hydrogens (tertiary/aromatic N) is 3. The summed E-state index contributed by atoms with van der Waals surface area (Å²) in [6, 6.07) is 7.11. The maximum absolute atomic E-state index is 13.1. The van der Waals surface area contributed by atoms with Gasteiger partial charge in [0, 0.05) is 13.1 Å². The molecule has 1 aliphatic heterocycles. The molecule has 0 radical (unpaired) electrons.